The number of hydrogen-bond donors (Lipinski definition) is 1. The fraction of sp³-hybridized carbons (Fsp3) is 0.647. The van der Waals surface area contributed by atoms with E-state index in [-0.39, 0.29) is 11.9 Å². The molecule has 1 fully saturated rings. The van der Waals surface area contributed by atoms with Crippen LogP contribution >= 0.6 is 0 Å². The number of piperidine rings is 1. The Balaban J connectivity index is 1.80. The van der Waals surface area contributed by atoms with E-state index >= 15 is 0 Å². The minimum absolute atomic E-state index is 0.168. The third-order valence-corrected chi connectivity index (χ3v) is 3.95. The van der Waals surface area contributed by atoms with E-state index in [1.165, 1.54) is 6.07 Å². The Morgan fingerprint density at radius 1 is 1.48 bits per heavy atom. The summed E-state index contributed by atoms with van der Waals surface area (Å²) in [5, 5.41) is 13.9. The Morgan fingerprint density at radius 3 is 2.92 bits per heavy atom. The van der Waals surface area contributed by atoms with Gasteiger partial charge in [-0.15, -0.1) is 0 Å². The maximum absolute atomic E-state index is 12.2. The highest BCUT2D eigenvalue weighted by Crippen LogP contribution is 2.22. The molecule has 0 aromatic carbocycles. The van der Waals surface area contributed by atoms with Crippen LogP contribution in [0.3, 0.4) is 0 Å². The van der Waals surface area contributed by atoms with Gasteiger partial charge in [0.25, 0.3) is 0 Å². The molecule has 25 heavy (non-hydrogen) atoms. The zero-order valence-corrected chi connectivity index (χ0v) is 15.0. The normalized spacial score (nSPS) is 17.9. The average molecular weight is 350 g/mol. The molecule has 0 aliphatic carbocycles. The van der Waals surface area contributed by atoms with E-state index in [1.54, 1.807) is 17.0 Å². The molecule has 1 aromatic heterocycles. The van der Waals surface area contributed by atoms with E-state index in [1.807, 2.05) is 20.8 Å². The number of nitrogens with zero attached hydrogens (tertiary/aromatic N) is 3. The van der Waals surface area contributed by atoms with Crippen LogP contribution in [0.4, 0.5) is 16.4 Å². The molecular formula is C17H26N4O4. The summed E-state index contributed by atoms with van der Waals surface area (Å²) in [5.41, 5.74) is -0.487. The molecule has 1 amide bonds. The van der Waals surface area contributed by atoms with Crippen LogP contribution < -0.4 is 5.32 Å². The average Bonchev–Trinajstić information content (AvgIpc) is 2.54. The standard InChI is InChI=1S/C17H26N4O4/c1-17(2,3)25-16(22)20-11-5-6-13(12-20)9-10-18-14-7-4-8-15(19-14)21(23)24/h4,7-8,13H,5-6,9-12H2,1-3H3,(H,18,19). The van der Waals surface area contributed by atoms with Crippen molar-refractivity contribution in [1.29, 1.82) is 0 Å². The highest BCUT2D eigenvalue weighted by Gasteiger charge is 2.27. The number of nitrogens with one attached hydrogen (secondary N) is 1. The minimum atomic E-state index is -0.509. The Kier molecular flexibility index (Phi) is 6.17. The lowest BCUT2D eigenvalue weighted by molar-refractivity contribution is -0.389. The van der Waals surface area contributed by atoms with Crippen LogP contribution in [0.25, 0.3) is 0 Å². The molecule has 1 atom stereocenters. The van der Waals surface area contributed by atoms with Gasteiger partial charge in [-0.3, -0.25) is 0 Å². The Labute approximate surface area is 147 Å². The lowest BCUT2D eigenvalue weighted by atomic mass is 9.95. The van der Waals surface area contributed by atoms with Gasteiger partial charge in [0.1, 0.15) is 5.60 Å². The van der Waals surface area contributed by atoms with Crippen LogP contribution in [-0.4, -0.2) is 46.1 Å². The predicted octanol–water partition coefficient (Wildman–Crippen LogP) is 3.44. The monoisotopic (exact) mass is 350 g/mol. The van der Waals surface area contributed by atoms with E-state index in [2.05, 4.69) is 10.3 Å². The van der Waals surface area contributed by atoms with Crippen molar-refractivity contribution in [2.24, 2.45) is 5.92 Å². The molecule has 0 saturated carbocycles. The quantitative estimate of drug-likeness (QED) is 0.645. The van der Waals surface area contributed by atoms with E-state index in [4.69, 9.17) is 4.74 Å². The molecule has 1 saturated heterocycles. The van der Waals surface area contributed by atoms with Crippen LogP contribution in [-0.2, 0) is 4.74 Å². The summed E-state index contributed by atoms with van der Waals surface area (Å²) in [5.74, 6) is 0.709. The first kappa shape index (κ1) is 19.0. The van der Waals surface area contributed by atoms with Crippen LogP contribution in [0.15, 0.2) is 18.2 Å². The number of nitro groups is 1. The molecule has 8 nitrogen and oxygen atoms in total. The maximum Gasteiger partial charge on any atom is 0.410 e. The van der Waals surface area contributed by atoms with Gasteiger partial charge in [-0.1, -0.05) is 0 Å². The first-order valence-corrected chi connectivity index (χ1v) is 8.58. The SMILES string of the molecule is CC(C)(C)OC(=O)N1CCCC(CCNc2cccc([N+](=O)[O-])n2)C1. The Morgan fingerprint density at radius 2 is 2.24 bits per heavy atom. The number of aromatic nitrogens is 1. The number of hydrogen-bond acceptors (Lipinski definition) is 6. The molecule has 1 unspecified atom stereocenters. The molecule has 0 spiro atoms. The van der Waals surface area contributed by atoms with Crippen molar-refractivity contribution >= 4 is 17.7 Å². The fourth-order valence-electron chi connectivity index (χ4n) is 2.82. The highest BCUT2D eigenvalue weighted by atomic mass is 16.6. The largest absolute Gasteiger partial charge is 0.444 e. The summed E-state index contributed by atoms with van der Waals surface area (Å²) in [4.78, 5) is 28.1. The second kappa shape index (κ2) is 8.13. The number of carbonyl (C=O) groups excluding carboxylic acids is 1. The zero-order chi connectivity index (χ0) is 18.4. The second-order valence-corrected chi connectivity index (χ2v) is 7.29. The van der Waals surface area contributed by atoms with Gasteiger partial charge in [-0.05, 0) is 61.9 Å². The van der Waals surface area contributed by atoms with Gasteiger partial charge in [0, 0.05) is 31.8 Å². The number of ether oxygens (including phenoxy) is 1. The first-order valence-electron chi connectivity index (χ1n) is 8.58. The van der Waals surface area contributed by atoms with Crippen LogP contribution in [0.5, 0.6) is 0 Å². The van der Waals surface area contributed by atoms with Gasteiger partial charge in [0.2, 0.25) is 5.82 Å². The third-order valence-electron chi connectivity index (χ3n) is 3.95. The summed E-state index contributed by atoms with van der Waals surface area (Å²) < 4.78 is 5.43. The molecule has 2 rings (SSSR count). The molecule has 1 aliphatic rings. The van der Waals surface area contributed by atoms with Gasteiger partial charge < -0.3 is 25.1 Å². The number of pyridine rings is 1. The molecule has 1 aromatic rings. The predicted molar refractivity (Wildman–Crippen MR) is 94.5 cm³/mol. The van der Waals surface area contributed by atoms with Crippen molar-refractivity contribution < 1.29 is 14.5 Å². The summed E-state index contributed by atoms with van der Waals surface area (Å²) in [6, 6.07) is 4.68. The van der Waals surface area contributed by atoms with Gasteiger partial charge in [-0.25, -0.2) is 4.79 Å². The Hall–Kier alpha value is -2.38. The maximum atomic E-state index is 12.2. The van der Waals surface area contributed by atoms with Gasteiger partial charge in [0.15, 0.2) is 0 Å². The van der Waals surface area contributed by atoms with Crippen LogP contribution in [0.1, 0.15) is 40.0 Å². The van der Waals surface area contributed by atoms with Crippen molar-refractivity contribution in [2.45, 2.75) is 45.6 Å². The number of likely N-dealkylation sites (tertiary alicyclic amines) is 1. The first-order chi connectivity index (χ1) is 11.7. The summed E-state index contributed by atoms with van der Waals surface area (Å²) >= 11 is 0. The molecule has 0 radical (unpaired) electrons. The van der Waals surface area contributed by atoms with Gasteiger partial charge >= 0.3 is 11.9 Å². The van der Waals surface area contributed by atoms with Crippen LogP contribution in [0, 0.1) is 16.0 Å². The zero-order valence-electron chi connectivity index (χ0n) is 15.0. The smallest absolute Gasteiger partial charge is 0.410 e. The fourth-order valence-corrected chi connectivity index (χ4v) is 2.82. The third kappa shape index (κ3) is 6.21. The highest BCUT2D eigenvalue weighted by molar-refractivity contribution is 5.68. The summed E-state index contributed by atoms with van der Waals surface area (Å²) in [6.45, 7) is 7.65. The lowest BCUT2D eigenvalue weighted by Crippen LogP contribution is -2.43. The van der Waals surface area contributed by atoms with Crippen molar-refractivity contribution in [2.75, 3.05) is 25.0 Å². The molecule has 138 valence electrons. The molecule has 0 bridgehead atoms. The second-order valence-electron chi connectivity index (χ2n) is 7.29. The van der Waals surface area contributed by atoms with Crippen molar-refractivity contribution in [3.63, 3.8) is 0 Å². The van der Waals surface area contributed by atoms with Crippen LogP contribution in [0.2, 0.25) is 0 Å². The molecule has 2 heterocycles. The van der Waals surface area contributed by atoms with E-state index in [9.17, 15) is 14.9 Å². The van der Waals surface area contributed by atoms with E-state index in [0.29, 0.717) is 24.8 Å². The summed E-state index contributed by atoms with van der Waals surface area (Å²) in [7, 11) is 0. The van der Waals surface area contributed by atoms with E-state index in [0.717, 1.165) is 25.8 Å². The molecule has 8 heteroatoms. The number of carbonyl (C=O) groups is 1. The van der Waals surface area contributed by atoms with Gasteiger partial charge in [-0.2, -0.15) is 0 Å². The van der Waals surface area contributed by atoms with Gasteiger partial charge in [0.05, 0.1) is 0 Å². The molecule has 1 N–H and O–H groups in total. The minimum Gasteiger partial charge on any atom is -0.444 e. The topological polar surface area (TPSA) is 97.6 Å². The number of amides is 1. The van der Waals surface area contributed by atoms with Crippen molar-refractivity contribution in [3.8, 4) is 0 Å². The number of rotatable bonds is 5. The molecule has 1 aliphatic heterocycles. The van der Waals surface area contributed by atoms with Crippen molar-refractivity contribution in [3.05, 3.63) is 28.3 Å². The Bertz CT molecular complexity index is 615. The van der Waals surface area contributed by atoms with Crippen molar-refractivity contribution in [1.82, 2.24) is 9.88 Å². The summed E-state index contributed by atoms with van der Waals surface area (Å²) in [6.07, 6.45) is 2.62. The van der Waals surface area contributed by atoms with E-state index < -0.39 is 10.5 Å². The lowest BCUT2D eigenvalue weighted by Gasteiger charge is -2.34. The molecular weight excluding hydrogens is 324 g/mol. The number of anilines is 1.